The van der Waals surface area contributed by atoms with Crippen molar-refractivity contribution in [2.75, 3.05) is 6.54 Å². The van der Waals surface area contributed by atoms with Gasteiger partial charge >= 0.3 is 0 Å². The number of nitrogens with zero attached hydrogens (tertiary/aromatic N) is 3. The summed E-state index contributed by atoms with van der Waals surface area (Å²) in [6, 6.07) is 5.57. The summed E-state index contributed by atoms with van der Waals surface area (Å²) < 4.78 is 7.35. The molecule has 0 amide bonds. The lowest BCUT2D eigenvalue weighted by Crippen LogP contribution is -2.06. The van der Waals surface area contributed by atoms with Crippen LogP contribution in [0.3, 0.4) is 0 Å². The van der Waals surface area contributed by atoms with Gasteiger partial charge < -0.3 is 10.5 Å². The third-order valence-electron chi connectivity index (χ3n) is 2.50. The maximum Gasteiger partial charge on any atom is 0.134 e. The van der Waals surface area contributed by atoms with E-state index in [9.17, 15) is 0 Å². The van der Waals surface area contributed by atoms with Crippen molar-refractivity contribution in [3.63, 3.8) is 0 Å². The molecule has 1 aromatic heterocycles. The number of ether oxygens (including phenoxy) is 1. The Hall–Kier alpha value is -1.59. The van der Waals surface area contributed by atoms with Crippen molar-refractivity contribution in [2.24, 2.45) is 12.8 Å². The largest absolute Gasteiger partial charge is 0.487 e. The van der Waals surface area contributed by atoms with Crippen molar-refractivity contribution in [3.05, 3.63) is 40.7 Å². The van der Waals surface area contributed by atoms with Crippen LogP contribution in [0, 0.1) is 0 Å². The van der Waals surface area contributed by atoms with E-state index >= 15 is 0 Å². The molecule has 0 unspecified atom stereocenters. The molecule has 0 atom stereocenters. The van der Waals surface area contributed by atoms with Crippen molar-refractivity contribution in [2.45, 2.75) is 13.0 Å². The number of hydrogen-bond acceptors (Lipinski definition) is 4. The van der Waals surface area contributed by atoms with Gasteiger partial charge in [-0.1, -0.05) is 22.9 Å². The zero-order valence-corrected chi connectivity index (χ0v) is 10.9. The Morgan fingerprint density at radius 1 is 1.44 bits per heavy atom. The average Bonchev–Trinajstić information content (AvgIpc) is 2.76. The Morgan fingerprint density at radius 3 is 2.94 bits per heavy atom. The molecule has 2 aromatic rings. The fraction of sp³-hybridized carbons (Fsp3) is 0.333. The minimum absolute atomic E-state index is 0.367. The molecule has 0 aliphatic heterocycles. The summed E-state index contributed by atoms with van der Waals surface area (Å²) in [4.78, 5) is 0. The molecule has 0 aliphatic carbocycles. The highest BCUT2D eigenvalue weighted by Gasteiger charge is 2.08. The van der Waals surface area contributed by atoms with E-state index in [0.717, 1.165) is 17.0 Å². The van der Waals surface area contributed by atoms with Gasteiger partial charge in [0.25, 0.3) is 0 Å². The second-order valence-electron chi connectivity index (χ2n) is 3.93. The second kappa shape index (κ2) is 5.84. The van der Waals surface area contributed by atoms with Crippen LogP contribution >= 0.6 is 11.6 Å². The zero-order chi connectivity index (χ0) is 13.0. The quantitative estimate of drug-likeness (QED) is 0.892. The molecular weight excluding hydrogens is 252 g/mol. The molecule has 18 heavy (non-hydrogen) atoms. The van der Waals surface area contributed by atoms with E-state index in [0.29, 0.717) is 24.6 Å². The lowest BCUT2D eigenvalue weighted by Gasteiger charge is -2.11. The SMILES string of the molecule is Cn1cc(COc2cccc(Cl)c2CCN)nn1. The molecule has 1 aromatic carbocycles. The first kappa shape index (κ1) is 12.9. The van der Waals surface area contributed by atoms with E-state index in [-0.39, 0.29) is 0 Å². The number of nitrogens with two attached hydrogens (primary N) is 1. The molecule has 0 fully saturated rings. The molecular formula is C12H15ClN4O. The predicted octanol–water partition coefficient (Wildman–Crippen LogP) is 1.55. The molecule has 6 heteroatoms. The van der Waals surface area contributed by atoms with Gasteiger partial charge in [0.15, 0.2) is 0 Å². The first-order valence-corrected chi connectivity index (χ1v) is 6.04. The number of aryl methyl sites for hydroxylation is 1. The average molecular weight is 267 g/mol. The number of hydrogen-bond donors (Lipinski definition) is 1. The van der Waals surface area contributed by atoms with Crippen molar-refractivity contribution in [3.8, 4) is 5.75 Å². The molecule has 0 spiro atoms. The summed E-state index contributed by atoms with van der Waals surface area (Å²) in [5, 5.41) is 8.48. The van der Waals surface area contributed by atoms with Crippen molar-refractivity contribution < 1.29 is 4.74 Å². The molecule has 96 valence electrons. The fourth-order valence-electron chi connectivity index (χ4n) is 1.67. The normalized spacial score (nSPS) is 10.6. The van der Waals surface area contributed by atoms with E-state index < -0.39 is 0 Å². The smallest absolute Gasteiger partial charge is 0.134 e. The Bertz CT molecular complexity index is 527. The highest BCUT2D eigenvalue weighted by atomic mass is 35.5. The Kier molecular flexibility index (Phi) is 4.17. The molecule has 5 nitrogen and oxygen atoms in total. The van der Waals surface area contributed by atoms with Crippen LogP contribution in [0.4, 0.5) is 0 Å². The topological polar surface area (TPSA) is 66.0 Å². The van der Waals surface area contributed by atoms with E-state index in [1.165, 1.54) is 0 Å². The minimum Gasteiger partial charge on any atom is -0.487 e. The molecule has 2 N–H and O–H groups in total. The fourth-order valence-corrected chi connectivity index (χ4v) is 1.93. The number of benzene rings is 1. The third kappa shape index (κ3) is 3.00. The van der Waals surface area contributed by atoms with Gasteiger partial charge in [0.1, 0.15) is 18.1 Å². The maximum absolute atomic E-state index is 6.13. The summed E-state index contributed by atoms with van der Waals surface area (Å²) in [5.74, 6) is 0.749. The molecule has 0 bridgehead atoms. The van der Waals surface area contributed by atoms with E-state index in [4.69, 9.17) is 22.1 Å². The first-order chi connectivity index (χ1) is 8.70. The van der Waals surface area contributed by atoms with Crippen LogP contribution in [0.25, 0.3) is 0 Å². The van der Waals surface area contributed by atoms with Crippen molar-refractivity contribution >= 4 is 11.6 Å². The summed E-state index contributed by atoms with van der Waals surface area (Å²) in [5.41, 5.74) is 7.28. The van der Waals surface area contributed by atoms with Gasteiger partial charge in [-0.2, -0.15) is 0 Å². The maximum atomic E-state index is 6.13. The lowest BCUT2D eigenvalue weighted by atomic mass is 10.1. The van der Waals surface area contributed by atoms with Crippen molar-refractivity contribution in [1.82, 2.24) is 15.0 Å². The Labute approximate surface area is 111 Å². The van der Waals surface area contributed by atoms with Gasteiger partial charge in [0, 0.05) is 17.6 Å². The molecule has 0 radical (unpaired) electrons. The van der Waals surface area contributed by atoms with Gasteiger partial charge in [0.2, 0.25) is 0 Å². The molecule has 0 aliphatic rings. The second-order valence-corrected chi connectivity index (χ2v) is 4.33. The van der Waals surface area contributed by atoms with Gasteiger partial charge in [-0.05, 0) is 25.1 Å². The standard InChI is InChI=1S/C12H15ClN4O/c1-17-7-9(15-16-17)8-18-12-4-2-3-11(13)10(12)5-6-14/h2-4,7H,5-6,8,14H2,1H3. The van der Waals surface area contributed by atoms with Gasteiger partial charge in [-0.3, -0.25) is 4.68 Å². The summed E-state index contributed by atoms with van der Waals surface area (Å²) in [7, 11) is 1.82. The highest BCUT2D eigenvalue weighted by molar-refractivity contribution is 6.31. The van der Waals surface area contributed by atoms with E-state index in [1.54, 1.807) is 4.68 Å². The summed E-state index contributed by atoms with van der Waals surface area (Å²) in [6.45, 7) is 0.900. The number of aromatic nitrogens is 3. The van der Waals surface area contributed by atoms with Gasteiger partial charge in [-0.15, -0.1) is 5.10 Å². The van der Waals surface area contributed by atoms with Crippen LogP contribution in [-0.4, -0.2) is 21.5 Å². The number of rotatable bonds is 5. The molecule has 1 heterocycles. The van der Waals surface area contributed by atoms with Crippen LogP contribution < -0.4 is 10.5 Å². The predicted molar refractivity (Wildman–Crippen MR) is 69.5 cm³/mol. The van der Waals surface area contributed by atoms with Crippen molar-refractivity contribution in [1.29, 1.82) is 0 Å². The summed E-state index contributed by atoms with van der Waals surface area (Å²) >= 11 is 6.13. The zero-order valence-electron chi connectivity index (χ0n) is 10.1. The molecule has 0 saturated carbocycles. The Balaban J connectivity index is 2.11. The van der Waals surface area contributed by atoms with Gasteiger partial charge in [-0.25, -0.2) is 0 Å². The molecule has 2 rings (SSSR count). The van der Waals surface area contributed by atoms with Crippen LogP contribution in [0.1, 0.15) is 11.3 Å². The minimum atomic E-state index is 0.367. The van der Waals surface area contributed by atoms with E-state index in [1.807, 2.05) is 31.4 Å². The summed E-state index contributed by atoms with van der Waals surface area (Å²) in [6.07, 6.45) is 2.50. The van der Waals surface area contributed by atoms with E-state index in [2.05, 4.69) is 10.3 Å². The van der Waals surface area contributed by atoms with Crippen LogP contribution in [0.15, 0.2) is 24.4 Å². The number of halogens is 1. The van der Waals surface area contributed by atoms with Gasteiger partial charge in [0.05, 0.1) is 6.20 Å². The monoisotopic (exact) mass is 266 g/mol. The first-order valence-electron chi connectivity index (χ1n) is 5.66. The lowest BCUT2D eigenvalue weighted by molar-refractivity contribution is 0.298. The molecule has 0 saturated heterocycles. The van der Waals surface area contributed by atoms with Crippen LogP contribution in [-0.2, 0) is 20.1 Å². The third-order valence-corrected chi connectivity index (χ3v) is 2.85. The Morgan fingerprint density at radius 2 is 2.28 bits per heavy atom. The van der Waals surface area contributed by atoms with Crippen LogP contribution in [0.5, 0.6) is 5.75 Å². The van der Waals surface area contributed by atoms with Crippen LogP contribution in [0.2, 0.25) is 5.02 Å². The highest BCUT2D eigenvalue weighted by Crippen LogP contribution is 2.27.